The summed E-state index contributed by atoms with van der Waals surface area (Å²) in [5.74, 6) is -0.897. The average Bonchev–Trinajstić information content (AvgIpc) is 3.39. The summed E-state index contributed by atoms with van der Waals surface area (Å²) in [6.45, 7) is 4.30. The molecule has 9 nitrogen and oxygen atoms in total. The van der Waals surface area contributed by atoms with Gasteiger partial charge in [-0.2, -0.15) is 12.7 Å². The van der Waals surface area contributed by atoms with E-state index in [0.717, 1.165) is 21.6 Å². The van der Waals surface area contributed by atoms with Crippen LogP contribution in [0.3, 0.4) is 0 Å². The molecule has 0 saturated carbocycles. The monoisotopic (exact) mass is 594 g/mol. The number of rotatable bonds is 8. The predicted molar refractivity (Wildman–Crippen MR) is 156 cm³/mol. The van der Waals surface area contributed by atoms with E-state index in [0.29, 0.717) is 32.8 Å². The van der Waals surface area contributed by atoms with Crippen molar-refractivity contribution in [1.29, 1.82) is 0 Å². The molecule has 3 aromatic carbocycles. The third kappa shape index (κ3) is 7.02. The molecule has 41 heavy (non-hydrogen) atoms. The summed E-state index contributed by atoms with van der Waals surface area (Å²) in [6, 6.07) is 19.3. The molecule has 2 N–H and O–H groups in total. The lowest BCUT2D eigenvalue weighted by Crippen LogP contribution is -2.29. The standard InChI is InChI=1S/C29H27FN4O5S2/c1-18(2)22-8-3-20(4-9-22)17-39-25-12-7-21(13-24(25)30)14-26-28(36)32-29(40-26)31-23-10-5-19(6-11-23)15-34-16-27(35)33-41(34,37)38/h3-14,18H,15-17H2,1-2H3,(H,33,35)(H,31,32,36)/b26-14+. The van der Waals surface area contributed by atoms with Gasteiger partial charge in [0.05, 0.1) is 17.1 Å². The highest BCUT2D eigenvalue weighted by molar-refractivity contribution is 8.18. The van der Waals surface area contributed by atoms with E-state index in [4.69, 9.17) is 4.74 Å². The molecule has 0 aromatic heterocycles. The number of nitrogens with zero attached hydrogens (tertiary/aromatic N) is 2. The quantitative estimate of drug-likeness (QED) is 0.369. The summed E-state index contributed by atoms with van der Waals surface area (Å²) in [7, 11) is -3.81. The topological polar surface area (TPSA) is 117 Å². The van der Waals surface area contributed by atoms with Gasteiger partial charge < -0.3 is 10.1 Å². The molecule has 212 valence electrons. The molecule has 2 heterocycles. The third-order valence-corrected chi connectivity index (χ3v) is 8.71. The van der Waals surface area contributed by atoms with E-state index >= 15 is 0 Å². The lowest BCUT2D eigenvalue weighted by molar-refractivity contribution is -0.118. The fourth-order valence-electron chi connectivity index (χ4n) is 4.14. The predicted octanol–water partition coefficient (Wildman–Crippen LogP) is 4.60. The molecule has 2 saturated heterocycles. The molecule has 2 fully saturated rings. The highest BCUT2D eigenvalue weighted by Gasteiger charge is 2.33. The van der Waals surface area contributed by atoms with Gasteiger partial charge in [-0.1, -0.05) is 56.3 Å². The minimum Gasteiger partial charge on any atom is -0.486 e. The maximum Gasteiger partial charge on any atom is 0.304 e. The summed E-state index contributed by atoms with van der Waals surface area (Å²) in [6.07, 6.45) is 1.58. The Morgan fingerprint density at radius 2 is 1.76 bits per heavy atom. The number of hydrogen-bond donors (Lipinski definition) is 2. The molecule has 0 aliphatic carbocycles. The van der Waals surface area contributed by atoms with Crippen LogP contribution in [0.4, 0.5) is 10.1 Å². The molecular weight excluding hydrogens is 567 g/mol. The summed E-state index contributed by atoms with van der Waals surface area (Å²) >= 11 is 1.12. The first-order valence-corrected chi connectivity index (χ1v) is 15.0. The Kier molecular flexibility index (Phi) is 8.25. The first kappa shape index (κ1) is 28.5. The summed E-state index contributed by atoms with van der Waals surface area (Å²) in [5.41, 5.74) is 3.89. The summed E-state index contributed by atoms with van der Waals surface area (Å²) in [4.78, 5) is 28.7. The lowest BCUT2D eigenvalue weighted by atomic mass is 10.0. The molecule has 0 bridgehead atoms. The van der Waals surface area contributed by atoms with E-state index in [9.17, 15) is 22.4 Å². The van der Waals surface area contributed by atoms with E-state index < -0.39 is 21.9 Å². The molecular formula is C29H27FN4O5S2. The van der Waals surface area contributed by atoms with Gasteiger partial charge in [0.1, 0.15) is 6.61 Å². The van der Waals surface area contributed by atoms with Crippen molar-refractivity contribution in [3.63, 3.8) is 0 Å². The van der Waals surface area contributed by atoms with Crippen LogP contribution in [-0.4, -0.2) is 36.2 Å². The number of thioether (sulfide) groups is 1. The number of hydrogen-bond acceptors (Lipinski definition) is 7. The van der Waals surface area contributed by atoms with Crippen LogP contribution >= 0.6 is 11.8 Å². The van der Waals surface area contributed by atoms with Gasteiger partial charge in [-0.15, -0.1) is 0 Å². The molecule has 2 aliphatic heterocycles. The number of amides is 2. The second kappa shape index (κ2) is 11.9. The second-order valence-electron chi connectivity index (χ2n) is 9.82. The fraction of sp³-hybridized carbons (Fsp3) is 0.207. The maximum absolute atomic E-state index is 14.7. The van der Waals surface area contributed by atoms with Crippen LogP contribution in [0.5, 0.6) is 5.75 Å². The number of carbonyl (C=O) groups excluding carboxylic acids is 2. The molecule has 5 rings (SSSR count). The van der Waals surface area contributed by atoms with E-state index in [1.165, 1.54) is 17.7 Å². The minimum absolute atomic E-state index is 0.0437. The molecule has 0 radical (unpaired) electrons. The van der Waals surface area contributed by atoms with Crippen molar-refractivity contribution in [2.24, 2.45) is 4.99 Å². The van der Waals surface area contributed by atoms with Crippen molar-refractivity contribution >= 4 is 50.7 Å². The largest absolute Gasteiger partial charge is 0.486 e. The number of amidine groups is 1. The van der Waals surface area contributed by atoms with Crippen molar-refractivity contribution in [1.82, 2.24) is 14.3 Å². The number of carbonyl (C=O) groups is 2. The van der Waals surface area contributed by atoms with Crippen LogP contribution in [0, 0.1) is 5.82 Å². The molecule has 2 aliphatic rings. The molecule has 0 unspecified atom stereocenters. The van der Waals surface area contributed by atoms with Gasteiger partial charge in [0.2, 0.25) is 5.91 Å². The first-order chi connectivity index (χ1) is 19.6. The highest BCUT2D eigenvalue weighted by atomic mass is 32.2. The van der Waals surface area contributed by atoms with Gasteiger partial charge in [0, 0.05) is 6.54 Å². The van der Waals surface area contributed by atoms with Crippen LogP contribution in [0.2, 0.25) is 0 Å². The number of ether oxygens (including phenoxy) is 1. The lowest BCUT2D eigenvalue weighted by Gasteiger charge is -2.12. The van der Waals surface area contributed by atoms with Gasteiger partial charge in [-0.05, 0) is 70.3 Å². The number of benzene rings is 3. The van der Waals surface area contributed by atoms with E-state index in [1.54, 1.807) is 36.4 Å². The SMILES string of the molecule is CC(C)c1ccc(COc2ccc(/C=C3/SC(=Nc4ccc(CN5CC(=O)NS5(=O)=O)cc4)NC3=O)cc2F)cc1. The first-order valence-electron chi connectivity index (χ1n) is 12.8. The third-order valence-electron chi connectivity index (χ3n) is 6.37. The average molecular weight is 595 g/mol. The number of halogens is 1. The van der Waals surface area contributed by atoms with Crippen LogP contribution in [0.25, 0.3) is 6.08 Å². The highest BCUT2D eigenvalue weighted by Crippen LogP contribution is 2.30. The molecule has 0 spiro atoms. The van der Waals surface area contributed by atoms with Gasteiger partial charge in [-0.3, -0.25) is 9.59 Å². The van der Waals surface area contributed by atoms with Crippen molar-refractivity contribution in [3.8, 4) is 5.75 Å². The van der Waals surface area contributed by atoms with Crippen molar-refractivity contribution in [3.05, 3.63) is 99.7 Å². The van der Waals surface area contributed by atoms with Crippen LogP contribution in [0.15, 0.2) is 76.6 Å². The van der Waals surface area contributed by atoms with E-state index in [-0.39, 0.29) is 31.4 Å². The Hall–Kier alpha value is -4.00. The summed E-state index contributed by atoms with van der Waals surface area (Å²) < 4.78 is 47.2. The zero-order valence-corrected chi connectivity index (χ0v) is 23.9. The van der Waals surface area contributed by atoms with Crippen LogP contribution < -0.4 is 14.8 Å². The summed E-state index contributed by atoms with van der Waals surface area (Å²) in [5, 5.41) is 3.05. The minimum atomic E-state index is -3.81. The zero-order valence-electron chi connectivity index (χ0n) is 22.3. The Balaban J connectivity index is 1.20. The molecule has 12 heteroatoms. The van der Waals surface area contributed by atoms with Crippen molar-refractivity contribution in [2.75, 3.05) is 6.54 Å². The number of nitrogens with one attached hydrogen (secondary N) is 2. The Morgan fingerprint density at radius 1 is 1.05 bits per heavy atom. The zero-order chi connectivity index (χ0) is 29.1. The van der Waals surface area contributed by atoms with Crippen molar-refractivity contribution < 1.29 is 27.1 Å². The van der Waals surface area contributed by atoms with Crippen LogP contribution in [-0.2, 0) is 33.0 Å². The van der Waals surface area contributed by atoms with Gasteiger partial charge in [-0.25, -0.2) is 14.1 Å². The molecule has 0 atom stereocenters. The van der Waals surface area contributed by atoms with Gasteiger partial charge in [0.15, 0.2) is 16.7 Å². The molecule has 3 aromatic rings. The van der Waals surface area contributed by atoms with E-state index in [2.05, 4.69) is 24.2 Å². The Morgan fingerprint density at radius 3 is 2.39 bits per heavy atom. The van der Waals surface area contributed by atoms with E-state index in [1.807, 2.05) is 29.0 Å². The smallest absolute Gasteiger partial charge is 0.304 e. The maximum atomic E-state index is 14.7. The van der Waals surface area contributed by atoms with Crippen molar-refractivity contribution in [2.45, 2.75) is 32.9 Å². The van der Waals surface area contributed by atoms with Gasteiger partial charge in [0.25, 0.3) is 5.91 Å². The molecule has 2 amide bonds. The Labute approximate surface area is 241 Å². The van der Waals surface area contributed by atoms with Crippen LogP contribution in [0.1, 0.15) is 42.0 Å². The fourth-order valence-corrected chi connectivity index (χ4v) is 6.07. The van der Waals surface area contributed by atoms with Gasteiger partial charge >= 0.3 is 10.2 Å². The number of aliphatic imine (C=N–C) groups is 1. The Bertz CT molecular complexity index is 1650. The normalized spacial score (nSPS) is 18.7. The second-order valence-corrected chi connectivity index (χ2v) is 12.5.